The molecular formula is C20H22O3. The Morgan fingerprint density at radius 1 is 1.17 bits per heavy atom. The van der Waals surface area contributed by atoms with E-state index in [9.17, 15) is 9.59 Å². The lowest BCUT2D eigenvalue weighted by molar-refractivity contribution is -0.157. The van der Waals surface area contributed by atoms with Crippen LogP contribution in [0.1, 0.15) is 38.7 Å². The van der Waals surface area contributed by atoms with Gasteiger partial charge in [-0.2, -0.15) is 0 Å². The zero-order valence-corrected chi connectivity index (χ0v) is 13.7. The Bertz CT molecular complexity index is 680. The molecule has 0 bridgehead atoms. The molecule has 1 aromatic carbocycles. The Morgan fingerprint density at radius 2 is 1.87 bits per heavy atom. The van der Waals surface area contributed by atoms with Crippen LogP contribution >= 0.6 is 0 Å². The van der Waals surface area contributed by atoms with E-state index in [0.29, 0.717) is 13.0 Å². The number of rotatable bonds is 5. The predicted octanol–water partition coefficient (Wildman–Crippen LogP) is 3.95. The summed E-state index contributed by atoms with van der Waals surface area (Å²) in [6, 6.07) is 10.1. The van der Waals surface area contributed by atoms with Crippen molar-refractivity contribution in [2.45, 2.75) is 33.1 Å². The van der Waals surface area contributed by atoms with Crippen molar-refractivity contribution in [2.24, 2.45) is 10.8 Å². The standard InChI is InChI=1S/C20H22O3/c1-3-23-18(22)20(13-14-20)19(15(2)21)11-9-17(10-12-19)16-7-5-4-6-8-16/h4-11H,3,12-14H2,1-2H3. The summed E-state index contributed by atoms with van der Waals surface area (Å²) < 4.78 is 5.26. The first-order valence-electron chi connectivity index (χ1n) is 8.19. The molecule has 0 amide bonds. The molecule has 0 heterocycles. The summed E-state index contributed by atoms with van der Waals surface area (Å²) in [6.45, 7) is 3.74. The summed E-state index contributed by atoms with van der Waals surface area (Å²) in [5.41, 5.74) is 0.811. The van der Waals surface area contributed by atoms with E-state index >= 15 is 0 Å². The van der Waals surface area contributed by atoms with Crippen LogP contribution in [0.3, 0.4) is 0 Å². The zero-order chi connectivity index (χ0) is 16.5. The van der Waals surface area contributed by atoms with E-state index in [1.54, 1.807) is 13.8 Å². The molecule has 1 fully saturated rings. The molecule has 120 valence electrons. The van der Waals surface area contributed by atoms with Crippen LogP contribution in [0.15, 0.2) is 48.6 Å². The van der Waals surface area contributed by atoms with Crippen LogP contribution in [0.2, 0.25) is 0 Å². The van der Waals surface area contributed by atoms with E-state index in [-0.39, 0.29) is 11.8 Å². The predicted molar refractivity (Wildman–Crippen MR) is 89.6 cm³/mol. The zero-order valence-electron chi connectivity index (χ0n) is 13.7. The summed E-state index contributed by atoms with van der Waals surface area (Å²) >= 11 is 0. The van der Waals surface area contributed by atoms with Gasteiger partial charge in [-0.15, -0.1) is 0 Å². The van der Waals surface area contributed by atoms with Crippen molar-refractivity contribution in [1.29, 1.82) is 0 Å². The van der Waals surface area contributed by atoms with Gasteiger partial charge >= 0.3 is 5.97 Å². The highest BCUT2D eigenvalue weighted by Crippen LogP contribution is 2.63. The second-order valence-corrected chi connectivity index (χ2v) is 6.39. The second kappa shape index (κ2) is 5.80. The third-order valence-electron chi connectivity index (χ3n) is 5.20. The molecule has 3 rings (SSSR count). The van der Waals surface area contributed by atoms with Gasteiger partial charge in [0, 0.05) is 0 Å². The lowest BCUT2D eigenvalue weighted by Crippen LogP contribution is -2.43. The topological polar surface area (TPSA) is 43.4 Å². The molecule has 0 spiro atoms. The minimum atomic E-state index is -0.752. The maximum atomic E-state index is 12.5. The van der Waals surface area contributed by atoms with Gasteiger partial charge in [0.1, 0.15) is 5.78 Å². The first-order chi connectivity index (χ1) is 11.1. The van der Waals surface area contributed by atoms with Crippen molar-refractivity contribution in [2.75, 3.05) is 6.61 Å². The van der Waals surface area contributed by atoms with Crippen LogP contribution < -0.4 is 0 Å². The number of benzene rings is 1. The van der Waals surface area contributed by atoms with Gasteiger partial charge in [-0.25, -0.2) is 0 Å². The van der Waals surface area contributed by atoms with E-state index in [1.165, 1.54) is 0 Å². The average molecular weight is 310 g/mol. The fraction of sp³-hybridized carbons (Fsp3) is 0.400. The summed E-state index contributed by atoms with van der Waals surface area (Å²) in [5.74, 6) is -0.181. The second-order valence-electron chi connectivity index (χ2n) is 6.39. The number of esters is 1. The number of Topliss-reactive ketones (excluding diaryl/α,β-unsaturated/α-hetero) is 1. The summed E-state index contributed by atoms with van der Waals surface area (Å²) in [6.07, 6.45) is 8.02. The van der Waals surface area contributed by atoms with Crippen molar-refractivity contribution in [3.05, 3.63) is 54.1 Å². The molecule has 0 aromatic heterocycles. The fourth-order valence-corrected chi connectivity index (χ4v) is 3.66. The number of ether oxygens (including phenoxy) is 1. The Morgan fingerprint density at radius 3 is 2.35 bits per heavy atom. The smallest absolute Gasteiger partial charge is 0.313 e. The highest BCUT2D eigenvalue weighted by atomic mass is 16.5. The van der Waals surface area contributed by atoms with Crippen molar-refractivity contribution < 1.29 is 14.3 Å². The lowest BCUT2D eigenvalue weighted by Gasteiger charge is -2.36. The summed E-state index contributed by atoms with van der Waals surface area (Å²) in [5, 5.41) is 0. The van der Waals surface area contributed by atoms with Crippen molar-refractivity contribution in [3.8, 4) is 0 Å². The van der Waals surface area contributed by atoms with Gasteiger partial charge in [0.15, 0.2) is 0 Å². The van der Waals surface area contributed by atoms with E-state index < -0.39 is 10.8 Å². The van der Waals surface area contributed by atoms with E-state index in [0.717, 1.165) is 24.0 Å². The first kappa shape index (κ1) is 15.7. The molecule has 1 aromatic rings. The van der Waals surface area contributed by atoms with Crippen molar-refractivity contribution >= 4 is 17.3 Å². The van der Waals surface area contributed by atoms with Gasteiger partial charge in [-0.05, 0) is 44.2 Å². The molecule has 2 aliphatic carbocycles. The molecule has 0 aliphatic heterocycles. The SMILES string of the molecule is CCOC(=O)C1(C2(C(C)=O)C=CC(c3ccccc3)=CC2)CC1. The minimum Gasteiger partial charge on any atom is -0.466 e. The Balaban J connectivity index is 1.92. The monoisotopic (exact) mass is 310 g/mol. The van der Waals surface area contributed by atoms with Crippen LogP contribution in [0, 0.1) is 10.8 Å². The maximum Gasteiger partial charge on any atom is 0.313 e. The Hall–Kier alpha value is -2.16. The molecule has 0 saturated heterocycles. The highest BCUT2D eigenvalue weighted by molar-refractivity contribution is 5.96. The summed E-state index contributed by atoms with van der Waals surface area (Å²) in [7, 11) is 0. The Labute approximate surface area is 137 Å². The molecule has 23 heavy (non-hydrogen) atoms. The highest BCUT2D eigenvalue weighted by Gasteiger charge is 2.66. The molecule has 3 nitrogen and oxygen atoms in total. The van der Waals surface area contributed by atoms with Gasteiger partial charge in [-0.1, -0.05) is 48.6 Å². The third-order valence-corrected chi connectivity index (χ3v) is 5.20. The molecule has 0 N–H and O–H groups in total. The number of ketones is 1. The lowest BCUT2D eigenvalue weighted by atomic mass is 9.65. The molecule has 1 atom stereocenters. The molecule has 1 saturated carbocycles. The summed E-state index contributed by atoms with van der Waals surface area (Å²) in [4.78, 5) is 24.9. The van der Waals surface area contributed by atoms with Crippen LogP contribution in [0.5, 0.6) is 0 Å². The average Bonchev–Trinajstić information content (AvgIpc) is 3.38. The van der Waals surface area contributed by atoms with E-state index in [1.807, 2.05) is 30.4 Å². The number of hydrogen-bond donors (Lipinski definition) is 0. The van der Waals surface area contributed by atoms with E-state index in [4.69, 9.17) is 4.74 Å². The number of allylic oxidation sites excluding steroid dienone is 4. The van der Waals surface area contributed by atoms with Crippen molar-refractivity contribution in [3.63, 3.8) is 0 Å². The van der Waals surface area contributed by atoms with E-state index in [2.05, 4.69) is 18.2 Å². The van der Waals surface area contributed by atoms with Crippen LogP contribution in [0.25, 0.3) is 5.57 Å². The molecular weight excluding hydrogens is 288 g/mol. The van der Waals surface area contributed by atoms with Crippen LogP contribution in [0.4, 0.5) is 0 Å². The molecule has 3 heteroatoms. The van der Waals surface area contributed by atoms with Crippen LogP contribution in [-0.2, 0) is 14.3 Å². The minimum absolute atomic E-state index is 0.0441. The van der Waals surface area contributed by atoms with Gasteiger partial charge in [0.25, 0.3) is 0 Å². The molecule has 2 aliphatic rings. The number of carbonyl (C=O) groups excluding carboxylic acids is 2. The molecule has 1 unspecified atom stereocenters. The number of carbonyl (C=O) groups is 2. The fourth-order valence-electron chi connectivity index (χ4n) is 3.66. The maximum absolute atomic E-state index is 12.5. The van der Waals surface area contributed by atoms with Crippen LogP contribution in [-0.4, -0.2) is 18.4 Å². The van der Waals surface area contributed by atoms with Crippen molar-refractivity contribution in [1.82, 2.24) is 0 Å². The Kier molecular flexibility index (Phi) is 3.97. The quantitative estimate of drug-likeness (QED) is 0.773. The van der Waals surface area contributed by atoms with Gasteiger partial charge in [0.05, 0.1) is 17.4 Å². The first-order valence-corrected chi connectivity index (χ1v) is 8.19. The normalized spacial score (nSPS) is 24.7. The van der Waals surface area contributed by atoms with Gasteiger partial charge in [0.2, 0.25) is 0 Å². The molecule has 0 radical (unpaired) electrons. The van der Waals surface area contributed by atoms with Gasteiger partial charge < -0.3 is 4.74 Å². The largest absolute Gasteiger partial charge is 0.466 e. The van der Waals surface area contributed by atoms with Gasteiger partial charge in [-0.3, -0.25) is 9.59 Å². The number of hydrogen-bond acceptors (Lipinski definition) is 3. The third kappa shape index (κ3) is 2.44.